The van der Waals surface area contributed by atoms with Crippen molar-refractivity contribution in [2.75, 3.05) is 6.26 Å². The first-order valence-corrected chi connectivity index (χ1v) is 7.21. The maximum absolute atomic E-state index is 11.8. The summed E-state index contributed by atoms with van der Waals surface area (Å²) >= 11 is 13.3. The van der Waals surface area contributed by atoms with Crippen molar-refractivity contribution in [2.45, 2.75) is 4.90 Å². The Labute approximate surface area is 124 Å². The normalized spacial score (nSPS) is 10.2. The predicted molar refractivity (Wildman–Crippen MR) is 79.0 cm³/mol. The summed E-state index contributed by atoms with van der Waals surface area (Å²) < 4.78 is 0. The molecule has 0 saturated heterocycles. The summed E-state index contributed by atoms with van der Waals surface area (Å²) in [5, 5.41) is 9.92. The number of halogens is 2. The first-order valence-electron chi connectivity index (χ1n) is 5.23. The number of nitrogens with one attached hydrogen (secondary N) is 1. The second-order valence-electron chi connectivity index (χ2n) is 3.69. The van der Waals surface area contributed by atoms with Gasteiger partial charge in [-0.3, -0.25) is 4.79 Å². The SMILES string of the molecule is CSc1cc(-c2ccc(Cl)cc2Cl)[nH]c(=O)c1C#N. The third kappa shape index (κ3) is 2.79. The molecule has 6 heteroatoms. The number of hydrogen-bond donors (Lipinski definition) is 1. The average Bonchev–Trinajstić information content (AvgIpc) is 2.37. The highest BCUT2D eigenvalue weighted by molar-refractivity contribution is 7.98. The zero-order valence-electron chi connectivity index (χ0n) is 9.83. The number of nitrogens with zero attached hydrogens (tertiary/aromatic N) is 1. The molecule has 0 unspecified atom stereocenters. The van der Waals surface area contributed by atoms with Crippen LogP contribution in [-0.4, -0.2) is 11.2 Å². The van der Waals surface area contributed by atoms with Crippen molar-refractivity contribution in [3.05, 3.63) is 50.2 Å². The average molecular weight is 311 g/mol. The van der Waals surface area contributed by atoms with Gasteiger partial charge in [0, 0.05) is 15.5 Å². The summed E-state index contributed by atoms with van der Waals surface area (Å²) in [6.07, 6.45) is 1.81. The summed E-state index contributed by atoms with van der Waals surface area (Å²) in [7, 11) is 0. The van der Waals surface area contributed by atoms with Crippen LogP contribution in [0.2, 0.25) is 10.0 Å². The number of nitriles is 1. The molecule has 1 heterocycles. The lowest BCUT2D eigenvalue weighted by Gasteiger charge is -2.07. The van der Waals surface area contributed by atoms with Crippen molar-refractivity contribution < 1.29 is 0 Å². The van der Waals surface area contributed by atoms with Crippen LogP contribution in [0.4, 0.5) is 0 Å². The van der Waals surface area contributed by atoms with E-state index in [9.17, 15) is 4.79 Å². The quantitative estimate of drug-likeness (QED) is 0.855. The van der Waals surface area contributed by atoms with E-state index in [0.29, 0.717) is 26.2 Å². The van der Waals surface area contributed by atoms with Gasteiger partial charge in [0.25, 0.3) is 5.56 Å². The van der Waals surface area contributed by atoms with E-state index in [4.69, 9.17) is 28.5 Å². The molecule has 0 aliphatic heterocycles. The molecule has 0 spiro atoms. The fourth-order valence-corrected chi connectivity index (χ4v) is 2.74. The molecule has 1 N–H and O–H groups in total. The molecule has 0 atom stereocenters. The van der Waals surface area contributed by atoms with Gasteiger partial charge in [0.05, 0.1) is 10.7 Å². The van der Waals surface area contributed by atoms with Crippen LogP contribution in [-0.2, 0) is 0 Å². The van der Waals surface area contributed by atoms with E-state index < -0.39 is 5.56 Å². The Balaban J connectivity index is 2.68. The number of thioether (sulfide) groups is 1. The molecule has 0 amide bonds. The highest BCUT2D eigenvalue weighted by atomic mass is 35.5. The lowest BCUT2D eigenvalue weighted by atomic mass is 10.1. The summed E-state index contributed by atoms with van der Waals surface area (Å²) in [6, 6.07) is 8.66. The first-order chi connectivity index (χ1) is 9.06. The molecule has 0 bridgehead atoms. The van der Waals surface area contributed by atoms with Gasteiger partial charge in [-0.05, 0) is 30.5 Å². The van der Waals surface area contributed by atoms with Crippen molar-refractivity contribution in [1.29, 1.82) is 5.26 Å². The van der Waals surface area contributed by atoms with Crippen molar-refractivity contribution in [1.82, 2.24) is 4.98 Å². The van der Waals surface area contributed by atoms with Crippen LogP contribution in [0.3, 0.4) is 0 Å². The van der Waals surface area contributed by atoms with E-state index >= 15 is 0 Å². The van der Waals surface area contributed by atoms with Crippen molar-refractivity contribution >= 4 is 35.0 Å². The van der Waals surface area contributed by atoms with Crippen LogP contribution in [0.25, 0.3) is 11.3 Å². The van der Waals surface area contributed by atoms with Crippen LogP contribution >= 0.6 is 35.0 Å². The smallest absolute Gasteiger partial charge is 0.267 e. The zero-order chi connectivity index (χ0) is 14.0. The largest absolute Gasteiger partial charge is 0.321 e. The minimum absolute atomic E-state index is 0.112. The molecule has 0 aliphatic rings. The molecule has 3 nitrogen and oxygen atoms in total. The molecule has 0 fully saturated rings. The lowest BCUT2D eigenvalue weighted by Crippen LogP contribution is -2.12. The van der Waals surface area contributed by atoms with Gasteiger partial charge < -0.3 is 4.98 Å². The number of H-pyrrole nitrogens is 1. The topological polar surface area (TPSA) is 56.6 Å². The monoisotopic (exact) mass is 310 g/mol. The summed E-state index contributed by atoms with van der Waals surface area (Å²) in [4.78, 5) is 15.1. The highest BCUT2D eigenvalue weighted by Gasteiger charge is 2.11. The lowest BCUT2D eigenvalue weighted by molar-refractivity contribution is 1.16. The fourth-order valence-electron chi connectivity index (χ4n) is 1.66. The van der Waals surface area contributed by atoms with Crippen molar-refractivity contribution in [3.8, 4) is 17.3 Å². The van der Waals surface area contributed by atoms with Gasteiger partial charge in [-0.2, -0.15) is 5.26 Å². The Morgan fingerprint density at radius 1 is 1.32 bits per heavy atom. The highest BCUT2D eigenvalue weighted by Crippen LogP contribution is 2.30. The van der Waals surface area contributed by atoms with Crippen LogP contribution in [0.1, 0.15) is 5.56 Å². The fraction of sp³-hybridized carbons (Fsp3) is 0.0769. The van der Waals surface area contributed by atoms with E-state index in [-0.39, 0.29) is 5.56 Å². The summed E-state index contributed by atoms with van der Waals surface area (Å²) in [6.45, 7) is 0. The van der Waals surface area contributed by atoms with Gasteiger partial charge in [0.2, 0.25) is 0 Å². The Kier molecular flexibility index (Phi) is 4.20. The molecule has 96 valence electrons. The minimum atomic E-state index is -0.421. The van der Waals surface area contributed by atoms with E-state index in [2.05, 4.69) is 4.98 Å². The summed E-state index contributed by atoms with van der Waals surface area (Å²) in [5.41, 5.74) is 0.926. The molecule has 2 rings (SSSR count). The molecule has 0 radical (unpaired) electrons. The molecule has 1 aromatic heterocycles. The maximum atomic E-state index is 11.8. The Bertz CT molecular complexity index is 734. The second kappa shape index (κ2) is 5.70. The maximum Gasteiger partial charge on any atom is 0.267 e. The third-order valence-corrected chi connectivity index (χ3v) is 3.86. The minimum Gasteiger partial charge on any atom is -0.321 e. The van der Waals surface area contributed by atoms with E-state index in [1.54, 1.807) is 24.3 Å². The molecule has 2 aromatic rings. The van der Waals surface area contributed by atoms with Gasteiger partial charge in [0.1, 0.15) is 11.6 Å². The van der Waals surface area contributed by atoms with Gasteiger partial charge in [-0.25, -0.2) is 0 Å². The molecule has 1 aromatic carbocycles. The zero-order valence-corrected chi connectivity index (χ0v) is 12.2. The molecular weight excluding hydrogens is 303 g/mol. The number of aromatic amines is 1. The molecular formula is C13H8Cl2N2OS. The van der Waals surface area contributed by atoms with Crippen molar-refractivity contribution in [2.24, 2.45) is 0 Å². The number of rotatable bonds is 2. The number of benzene rings is 1. The van der Waals surface area contributed by atoms with Gasteiger partial charge in [0.15, 0.2) is 0 Å². The molecule has 0 saturated carbocycles. The number of aromatic nitrogens is 1. The van der Waals surface area contributed by atoms with Crippen LogP contribution in [0, 0.1) is 11.3 Å². The Morgan fingerprint density at radius 2 is 2.05 bits per heavy atom. The third-order valence-electron chi connectivity index (χ3n) is 2.55. The van der Waals surface area contributed by atoms with Crippen LogP contribution in [0.5, 0.6) is 0 Å². The number of pyridine rings is 1. The second-order valence-corrected chi connectivity index (χ2v) is 5.38. The van der Waals surface area contributed by atoms with Crippen molar-refractivity contribution in [3.63, 3.8) is 0 Å². The number of hydrogen-bond acceptors (Lipinski definition) is 3. The van der Waals surface area contributed by atoms with Gasteiger partial charge >= 0.3 is 0 Å². The van der Waals surface area contributed by atoms with E-state index in [1.807, 2.05) is 12.3 Å². The van der Waals surface area contributed by atoms with Crippen LogP contribution in [0.15, 0.2) is 34.0 Å². The standard InChI is InChI=1S/C13H8Cl2N2OS/c1-19-12-5-11(17-13(18)9(12)6-16)8-3-2-7(14)4-10(8)15/h2-5H,1H3,(H,17,18). The Hall–Kier alpha value is -1.41. The Morgan fingerprint density at radius 3 is 2.63 bits per heavy atom. The predicted octanol–water partition coefficient (Wildman–Crippen LogP) is 3.94. The van der Waals surface area contributed by atoms with Gasteiger partial charge in [-0.1, -0.05) is 23.2 Å². The van der Waals surface area contributed by atoms with E-state index in [0.717, 1.165) is 0 Å². The van der Waals surface area contributed by atoms with E-state index in [1.165, 1.54) is 11.8 Å². The van der Waals surface area contributed by atoms with Gasteiger partial charge in [-0.15, -0.1) is 11.8 Å². The first kappa shape index (κ1) is 14.0. The molecule has 19 heavy (non-hydrogen) atoms. The van der Waals surface area contributed by atoms with Crippen LogP contribution < -0.4 is 5.56 Å². The summed E-state index contributed by atoms with van der Waals surface area (Å²) in [5.74, 6) is 0. The molecule has 0 aliphatic carbocycles.